The monoisotopic (exact) mass is 322 g/mol. The van der Waals surface area contributed by atoms with Gasteiger partial charge in [0.05, 0.1) is 4.90 Å². The van der Waals surface area contributed by atoms with Gasteiger partial charge in [-0.15, -0.1) is 0 Å². The molecule has 2 aromatic carbocycles. The molecule has 2 N–H and O–H groups in total. The molecular formula is C15H15FN2O3S. The van der Waals surface area contributed by atoms with E-state index in [9.17, 15) is 17.6 Å². The standard InChI is InChI=1S/C15H15FN2O3S/c1-18(10-11-2-6-13(16)7-3-11)15(19)12-4-8-14(9-5-12)22(17,20)21/h2-9H,10H2,1H3,(H2,17,20,21). The predicted molar refractivity (Wildman–Crippen MR) is 80.0 cm³/mol. The molecule has 0 spiro atoms. The van der Waals surface area contributed by atoms with Gasteiger partial charge >= 0.3 is 0 Å². The lowest BCUT2D eigenvalue weighted by Gasteiger charge is -2.17. The van der Waals surface area contributed by atoms with Crippen molar-refractivity contribution in [2.45, 2.75) is 11.4 Å². The third kappa shape index (κ3) is 3.90. The van der Waals surface area contributed by atoms with Gasteiger partial charge < -0.3 is 4.90 Å². The highest BCUT2D eigenvalue weighted by molar-refractivity contribution is 7.89. The van der Waals surface area contributed by atoms with Gasteiger partial charge in [0.1, 0.15) is 5.82 Å². The predicted octanol–water partition coefficient (Wildman–Crippen LogP) is 1.75. The summed E-state index contributed by atoms with van der Waals surface area (Å²) in [6, 6.07) is 11.2. The fraction of sp³-hybridized carbons (Fsp3) is 0.133. The molecule has 2 rings (SSSR count). The fourth-order valence-corrected chi connectivity index (χ4v) is 2.46. The van der Waals surface area contributed by atoms with Gasteiger partial charge in [-0.3, -0.25) is 4.79 Å². The number of hydrogen-bond acceptors (Lipinski definition) is 3. The van der Waals surface area contributed by atoms with E-state index in [2.05, 4.69) is 0 Å². The van der Waals surface area contributed by atoms with Crippen molar-refractivity contribution in [1.29, 1.82) is 0 Å². The molecule has 7 heteroatoms. The second kappa shape index (κ2) is 6.25. The Bertz CT molecular complexity index is 771. The van der Waals surface area contributed by atoms with Gasteiger partial charge in [-0.25, -0.2) is 17.9 Å². The summed E-state index contributed by atoms with van der Waals surface area (Å²) in [5.41, 5.74) is 1.13. The van der Waals surface area contributed by atoms with E-state index in [-0.39, 0.29) is 16.6 Å². The Kier molecular flexibility index (Phi) is 4.58. The Labute approximate surface area is 128 Å². The first-order valence-electron chi connectivity index (χ1n) is 6.40. The van der Waals surface area contributed by atoms with Crippen LogP contribution in [-0.4, -0.2) is 26.3 Å². The molecule has 0 saturated carbocycles. The highest BCUT2D eigenvalue weighted by Gasteiger charge is 2.14. The maximum Gasteiger partial charge on any atom is 0.253 e. The number of benzene rings is 2. The molecule has 0 aliphatic carbocycles. The van der Waals surface area contributed by atoms with Crippen LogP contribution < -0.4 is 5.14 Å². The first-order chi connectivity index (χ1) is 10.3. The Morgan fingerprint density at radius 3 is 2.14 bits per heavy atom. The zero-order valence-corrected chi connectivity index (χ0v) is 12.7. The minimum absolute atomic E-state index is 0.0507. The molecule has 0 aromatic heterocycles. The first-order valence-corrected chi connectivity index (χ1v) is 7.95. The van der Waals surface area contributed by atoms with E-state index in [1.807, 2.05) is 0 Å². The number of nitrogens with two attached hydrogens (primary N) is 1. The van der Waals surface area contributed by atoms with Crippen molar-refractivity contribution in [3.05, 3.63) is 65.5 Å². The summed E-state index contributed by atoms with van der Waals surface area (Å²) in [6.45, 7) is 0.316. The highest BCUT2D eigenvalue weighted by Crippen LogP contribution is 2.12. The van der Waals surface area contributed by atoms with E-state index < -0.39 is 10.0 Å². The molecule has 116 valence electrons. The first kappa shape index (κ1) is 16.1. The lowest BCUT2D eigenvalue weighted by atomic mass is 10.1. The topological polar surface area (TPSA) is 80.5 Å². The summed E-state index contributed by atoms with van der Waals surface area (Å²) in [6.07, 6.45) is 0. The van der Waals surface area contributed by atoms with Gasteiger partial charge in [-0.1, -0.05) is 12.1 Å². The average Bonchev–Trinajstić information content (AvgIpc) is 2.48. The van der Waals surface area contributed by atoms with E-state index >= 15 is 0 Å². The lowest BCUT2D eigenvalue weighted by Crippen LogP contribution is -2.26. The zero-order valence-electron chi connectivity index (χ0n) is 11.9. The number of rotatable bonds is 4. The number of nitrogens with zero attached hydrogens (tertiary/aromatic N) is 1. The summed E-state index contributed by atoms with van der Waals surface area (Å²) in [5, 5.41) is 5.00. The van der Waals surface area contributed by atoms with Crippen molar-refractivity contribution in [3.8, 4) is 0 Å². The number of carbonyl (C=O) groups excluding carboxylic acids is 1. The number of hydrogen-bond donors (Lipinski definition) is 1. The van der Waals surface area contributed by atoms with Crippen LogP contribution in [0.5, 0.6) is 0 Å². The Morgan fingerprint density at radius 2 is 1.64 bits per heavy atom. The van der Waals surface area contributed by atoms with E-state index in [4.69, 9.17) is 5.14 Å². The summed E-state index contributed by atoms with van der Waals surface area (Å²) < 4.78 is 35.2. The average molecular weight is 322 g/mol. The van der Waals surface area contributed by atoms with Gasteiger partial charge in [-0.05, 0) is 42.0 Å². The molecule has 5 nitrogen and oxygen atoms in total. The van der Waals surface area contributed by atoms with E-state index in [0.717, 1.165) is 5.56 Å². The van der Waals surface area contributed by atoms with Gasteiger partial charge in [0.2, 0.25) is 10.0 Å². The molecular weight excluding hydrogens is 307 g/mol. The number of sulfonamides is 1. The fourth-order valence-electron chi connectivity index (χ4n) is 1.94. The number of halogens is 1. The van der Waals surface area contributed by atoms with E-state index in [1.54, 1.807) is 19.2 Å². The lowest BCUT2D eigenvalue weighted by molar-refractivity contribution is 0.0785. The molecule has 22 heavy (non-hydrogen) atoms. The Hall–Kier alpha value is -2.25. The van der Waals surface area contributed by atoms with Crippen LogP contribution in [0.2, 0.25) is 0 Å². The van der Waals surface area contributed by atoms with E-state index in [1.165, 1.54) is 41.3 Å². The molecule has 0 radical (unpaired) electrons. The Balaban J connectivity index is 2.12. The van der Waals surface area contributed by atoms with Crippen LogP contribution in [0.4, 0.5) is 4.39 Å². The van der Waals surface area contributed by atoms with Gasteiger partial charge in [0.15, 0.2) is 0 Å². The van der Waals surface area contributed by atoms with Crippen molar-refractivity contribution < 1.29 is 17.6 Å². The van der Waals surface area contributed by atoms with Crippen LogP contribution in [0.1, 0.15) is 15.9 Å². The molecule has 0 atom stereocenters. The summed E-state index contributed by atoms with van der Waals surface area (Å²) in [5.74, 6) is -0.610. The van der Waals surface area contributed by atoms with Crippen molar-refractivity contribution >= 4 is 15.9 Å². The second-order valence-corrected chi connectivity index (χ2v) is 6.42. The van der Waals surface area contributed by atoms with Gasteiger partial charge in [0, 0.05) is 19.2 Å². The number of primary sulfonamides is 1. The molecule has 0 aliphatic rings. The molecule has 2 aromatic rings. The molecule has 0 saturated heterocycles. The minimum atomic E-state index is -3.78. The summed E-state index contributed by atoms with van der Waals surface area (Å²) in [7, 11) is -2.17. The zero-order chi connectivity index (χ0) is 16.3. The quantitative estimate of drug-likeness (QED) is 0.931. The second-order valence-electron chi connectivity index (χ2n) is 4.86. The summed E-state index contributed by atoms with van der Waals surface area (Å²) in [4.78, 5) is 13.7. The molecule has 0 bridgehead atoms. The summed E-state index contributed by atoms with van der Waals surface area (Å²) >= 11 is 0. The smallest absolute Gasteiger partial charge is 0.253 e. The van der Waals surface area contributed by atoms with Crippen LogP contribution >= 0.6 is 0 Å². The maximum atomic E-state index is 12.8. The number of carbonyl (C=O) groups is 1. The molecule has 1 amide bonds. The van der Waals surface area contributed by atoms with Gasteiger partial charge in [0.25, 0.3) is 5.91 Å². The van der Waals surface area contributed by atoms with Crippen LogP contribution in [0.15, 0.2) is 53.4 Å². The minimum Gasteiger partial charge on any atom is -0.337 e. The molecule has 0 unspecified atom stereocenters. The van der Waals surface area contributed by atoms with Crippen molar-refractivity contribution in [2.75, 3.05) is 7.05 Å². The van der Waals surface area contributed by atoms with Crippen LogP contribution in [0.25, 0.3) is 0 Å². The number of amides is 1. The van der Waals surface area contributed by atoms with Crippen molar-refractivity contribution in [2.24, 2.45) is 5.14 Å². The molecule has 0 fully saturated rings. The van der Waals surface area contributed by atoms with Crippen LogP contribution in [0, 0.1) is 5.82 Å². The van der Waals surface area contributed by atoms with Crippen molar-refractivity contribution in [3.63, 3.8) is 0 Å². The highest BCUT2D eigenvalue weighted by atomic mass is 32.2. The van der Waals surface area contributed by atoms with Crippen molar-refractivity contribution in [1.82, 2.24) is 4.90 Å². The van der Waals surface area contributed by atoms with Crippen LogP contribution in [-0.2, 0) is 16.6 Å². The normalized spacial score (nSPS) is 11.2. The molecule has 0 heterocycles. The van der Waals surface area contributed by atoms with Crippen LogP contribution in [0.3, 0.4) is 0 Å². The van der Waals surface area contributed by atoms with Gasteiger partial charge in [-0.2, -0.15) is 0 Å². The Morgan fingerprint density at radius 1 is 1.09 bits per heavy atom. The third-order valence-electron chi connectivity index (χ3n) is 3.11. The SMILES string of the molecule is CN(Cc1ccc(F)cc1)C(=O)c1ccc(S(N)(=O)=O)cc1. The largest absolute Gasteiger partial charge is 0.337 e. The molecule has 0 aliphatic heterocycles. The van der Waals surface area contributed by atoms with E-state index in [0.29, 0.717) is 12.1 Å². The maximum absolute atomic E-state index is 12.8. The third-order valence-corrected chi connectivity index (χ3v) is 4.04.